The van der Waals surface area contributed by atoms with Crippen LogP contribution in [0.25, 0.3) is 0 Å². The van der Waals surface area contributed by atoms with Crippen molar-refractivity contribution in [3.05, 3.63) is 59.7 Å². The summed E-state index contributed by atoms with van der Waals surface area (Å²) in [7, 11) is 1.60. The first-order valence-corrected chi connectivity index (χ1v) is 9.21. The molecule has 4 nitrogen and oxygen atoms in total. The first-order chi connectivity index (χ1) is 12.6. The Hall–Kier alpha value is -2.49. The lowest BCUT2D eigenvalue weighted by molar-refractivity contribution is 0.0622. The predicted molar refractivity (Wildman–Crippen MR) is 103 cm³/mol. The fourth-order valence-electron chi connectivity index (χ4n) is 3.67. The van der Waals surface area contributed by atoms with Crippen molar-refractivity contribution in [3.8, 4) is 11.5 Å². The van der Waals surface area contributed by atoms with Crippen molar-refractivity contribution >= 4 is 5.91 Å². The van der Waals surface area contributed by atoms with Gasteiger partial charge in [0.1, 0.15) is 6.61 Å². The van der Waals surface area contributed by atoms with Crippen molar-refractivity contribution in [2.75, 3.05) is 20.2 Å². The monoisotopic (exact) mass is 353 g/mol. The third-order valence-electron chi connectivity index (χ3n) is 4.80. The van der Waals surface area contributed by atoms with Gasteiger partial charge in [-0.2, -0.15) is 0 Å². The predicted octanol–water partition coefficient (Wildman–Crippen LogP) is 4.39. The van der Waals surface area contributed by atoms with Crippen molar-refractivity contribution in [3.63, 3.8) is 0 Å². The summed E-state index contributed by atoms with van der Waals surface area (Å²) in [6, 6.07) is 15.4. The molecule has 3 rings (SSSR count). The number of hydrogen-bond donors (Lipinski definition) is 0. The Morgan fingerprint density at radius 3 is 2.38 bits per heavy atom. The van der Waals surface area contributed by atoms with E-state index in [9.17, 15) is 4.79 Å². The number of nitrogens with zero attached hydrogens (tertiary/aromatic N) is 1. The zero-order valence-corrected chi connectivity index (χ0v) is 15.8. The summed E-state index contributed by atoms with van der Waals surface area (Å²) >= 11 is 0. The molecule has 0 radical (unpaired) electrons. The van der Waals surface area contributed by atoms with Gasteiger partial charge in [-0.25, -0.2) is 0 Å². The first kappa shape index (κ1) is 18.3. The van der Waals surface area contributed by atoms with Crippen molar-refractivity contribution in [1.82, 2.24) is 4.90 Å². The van der Waals surface area contributed by atoms with E-state index in [0.29, 0.717) is 35.5 Å². The van der Waals surface area contributed by atoms with E-state index in [4.69, 9.17) is 9.47 Å². The lowest BCUT2D eigenvalue weighted by atomic mass is 9.91. The number of hydrogen-bond acceptors (Lipinski definition) is 3. The maximum Gasteiger partial charge on any atom is 0.254 e. The van der Waals surface area contributed by atoms with E-state index in [2.05, 4.69) is 13.8 Å². The van der Waals surface area contributed by atoms with Crippen LogP contribution in [0, 0.1) is 11.8 Å². The molecule has 0 N–H and O–H groups in total. The lowest BCUT2D eigenvalue weighted by Crippen LogP contribution is -2.42. The van der Waals surface area contributed by atoms with Gasteiger partial charge >= 0.3 is 0 Å². The number of methoxy groups -OCH3 is 1. The Morgan fingerprint density at radius 2 is 1.73 bits per heavy atom. The lowest BCUT2D eigenvalue weighted by Gasteiger charge is -2.35. The molecule has 2 unspecified atom stereocenters. The number of benzene rings is 2. The highest BCUT2D eigenvalue weighted by Gasteiger charge is 2.26. The van der Waals surface area contributed by atoms with Gasteiger partial charge in [-0.05, 0) is 42.0 Å². The quantitative estimate of drug-likeness (QED) is 0.800. The molecule has 1 saturated heterocycles. The molecular weight excluding hydrogens is 326 g/mol. The third-order valence-corrected chi connectivity index (χ3v) is 4.80. The van der Waals surface area contributed by atoms with E-state index in [0.717, 1.165) is 18.7 Å². The van der Waals surface area contributed by atoms with Gasteiger partial charge in [-0.15, -0.1) is 0 Å². The summed E-state index contributed by atoms with van der Waals surface area (Å²) in [5.41, 5.74) is 1.74. The van der Waals surface area contributed by atoms with E-state index in [1.165, 1.54) is 6.42 Å². The fraction of sp³-hybridized carbons (Fsp3) is 0.409. The summed E-state index contributed by atoms with van der Waals surface area (Å²) in [6.45, 7) is 6.51. The molecule has 4 heteroatoms. The minimum atomic E-state index is 0.0660. The topological polar surface area (TPSA) is 38.8 Å². The highest BCUT2D eigenvalue weighted by molar-refractivity contribution is 5.95. The maximum atomic E-state index is 12.9. The van der Waals surface area contributed by atoms with Gasteiger partial charge in [-0.1, -0.05) is 44.2 Å². The average molecular weight is 353 g/mol. The molecule has 0 spiro atoms. The molecule has 138 valence electrons. The van der Waals surface area contributed by atoms with E-state index in [-0.39, 0.29) is 5.91 Å². The number of rotatable bonds is 5. The van der Waals surface area contributed by atoms with E-state index >= 15 is 0 Å². The summed E-state index contributed by atoms with van der Waals surface area (Å²) in [6.07, 6.45) is 1.18. The molecule has 2 atom stereocenters. The largest absolute Gasteiger partial charge is 0.493 e. The summed E-state index contributed by atoms with van der Waals surface area (Å²) < 4.78 is 11.3. The Morgan fingerprint density at radius 1 is 1.04 bits per heavy atom. The molecule has 1 aliphatic rings. The average Bonchev–Trinajstić information content (AvgIpc) is 2.65. The highest BCUT2D eigenvalue weighted by atomic mass is 16.5. The molecule has 2 aromatic rings. The number of carbonyl (C=O) groups is 1. The highest BCUT2D eigenvalue weighted by Crippen LogP contribution is 2.30. The van der Waals surface area contributed by atoms with E-state index < -0.39 is 0 Å². The van der Waals surface area contributed by atoms with Crippen LogP contribution in [0.2, 0.25) is 0 Å². The second kappa shape index (κ2) is 8.26. The van der Waals surface area contributed by atoms with Crippen LogP contribution in [0.1, 0.15) is 36.2 Å². The molecule has 1 amide bonds. The normalized spacial score (nSPS) is 19.9. The number of ether oxygens (including phenoxy) is 2. The van der Waals surface area contributed by atoms with Gasteiger partial charge in [0.05, 0.1) is 7.11 Å². The zero-order chi connectivity index (χ0) is 18.5. The molecule has 2 aromatic carbocycles. The van der Waals surface area contributed by atoms with Crippen molar-refractivity contribution in [1.29, 1.82) is 0 Å². The molecule has 0 bridgehead atoms. The molecule has 0 aromatic heterocycles. The molecule has 0 aliphatic carbocycles. The Bertz CT molecular complexity index is 734. The van der Waals surface area contributed by atoms with Gasteiger partial charge < -0.3 is 14.4 Å². The van der Waals surface area contributed by atoms with Crippen LogP contribution in [0.3, 0.4) is 0 Å². The summed E-state index contributed by atoms with van der Waals surface area (Å²) in [4.78, 5) is 14.8. The van der Waals surface area contributed by atoms with Crippen LogP contribution < -0.4 is 9.47 Å². The Labute approximate surface area is 155 Å². The van der Waals surface area contributed by atoms with Gasteiger partial charge in [0.25, 0.3) is 5.91 Å². The van der Waals surface area contributed by atoms with Crippen LogP contribution in [0.5, 0.6) is 11.5 Å². The van der Waals surface area contributed by atoms with Crippen LogP contribution in [-0.2, 0) is 6.61 Å². The van der Waals surface area contributed by atoms with Gasteiger partial charge in [0, 0.05) is 18.7 Å². The molecule has 26 heavy (non-hydrogen) atoms. The van der Waals surface area contributed by atoms with Crippen LogP contribution in [0.15, 0.2) is 48.5 Å². The smallest absolute Gasteiger partial charge is 0.254 e. The molecule has 1 heterocycles. The van der Waals surface area contributed by atoms with Crippen LogP contribution in [-0.4, -0.2) is 31.0 Å². The second-order valence-electron chi connectivity index (χ2n) is 7.30. The number of likely N-dealkylation sites (tertiary alicyclic amines) is 1. The maximum absolute atomic E-state index is 12.9. The summed E-state index contributed by atoms with van der Waals surface area (Å²) in [5.74, 6) is 2.38. The second-order valence-corrected chi connectivity index (χ2v) is 7.30. The van der Waals surface area contributed by atoms with Crippen LogP contribution >= 0.6 is 0 Å². The minimum absolute atomic E-state index is 0.0660. The molecule has 1 fully saturated rings. The Balaban J connectivity index is 1.72. The first-order valence-electron chi connectivity index (χ1n) is 9.21. The van der Waals surface area contributed by atoms with Crippen molar-refractivity contribution in [2.24, 2.45) is 11.8 Å². The number of amides is 1. The van der Waals surface area contributed by atoms with Crippen LogP contribution in [0.4, 0.5) is 0 Å². The third kappa shape index (κ3) is 4.37. The van der Waals surface area contributed by atoms with Crippen molar-refractivity contribution in [2.45, 2.75) is 26.9 Å². The fourth-order valence-corrected chi connectivity index (χ4v) is 3.67. The summed E-state index contributed by atoms with van der Waals surface area (Å²) in [5, 5.41) is 0. The standard InChI is InChI=1S/C22H27NO3/c1-16-11-17(2)14-23(13-16)22(24)19-9-10-20(21(12-19)25-3)26-15-18-7-5-4-6-8-18/h4-10,12,16-17H,11,13-15H2,1-3H3. The zero-order valence-electron chi connectivity index (χ0n) is 15.8. The Kier molecular flexibility index (Phi) is 5.82. The van der Waals surface area contributed by atoms with Gasteiger partial charge in [0.15, 0.2) is 11.5 Å². The van der Waals surface area contributed by atoms with Crippen molar-refractivity contribution < 1.29 is 14.3 Å². The van der Waals surface area contributed by atoms with Gasteiger partial charge in [0.2, 0.25) is 0 Å². The van der Waals surface area contributed by atoms with E-state index in [1.54, 1.807) is 13.2 Å². The molecule has 1 aliphatic heterocycles. The SMILES string of the molecule is COc1cc(C(=O)N2CC(C)CC(C)C2)ccc1OCc1ccccc1. The molecular formula is C22H27NO3. The van der Waals surface area contributed by atoms with Gasteiger partial charge in [-0.3, -0.25) is 4.79 Å². The molecule has 0 saturated carbocycles. The number of piperidine rings is 1. The minimum Gasteiger partial charge on any atom is -0.493 e. The van der Waals surface area contributed by atoms with E-state index in [1.807, 2.05) is 47.4 Å². The number of carbonyl (C=O) groups excluding carboxylic acids is 1.